The summed E-state index contributed by atoms with van der Waals surface area (Å²) < 4.78 is 5.51. The number of ketones is 2. The summed E-state index contributed by atoms with van der Waals surface area (Å²) in [6.45, 7) is 6.81. The molecule has 0 bridgehead atoms. The van der Waals surface area contributed by atoms with Gasteiger partial charge < -0.3 is 9.72 Å². The predicted molar refractivity (Wildman–Crippen MR) is 86.3 cm³/mol. The lowest BCUT2D eigenvalue weighted by atomic mass is 10.1. The Hall–Kier alpha value is -2.07. The number of H-pyrrole nitrogens is 1. The summed E-state index contributed by atoms with van der Waals surface area (Å²) in [6.07, 6.45) is 0. The van der Waals surface area contributed by atoms with Crippen LogP contribution in [0.1, 0.15) is 44.6 Å². The Bertz CT molecular complexity index is 747. The zero-order valence-electron chi connectivity index (χ0n) is 13.0. The van der Waals surface area contributed by atoms with Gasteiger partial charge in [-0.05, 0) is 57.0 Å². The Morgan fingerprint density at radius 3 is 2.45 bits per heavy atom. The molecular weight excluding hydrogens is 302 g/mol. The van der Waals surface area contributed by atoms with E-state index in [1.54, 1.807) is 32.0 Å². The first kappa shape index (κ1) is 16.3. The fraction of sp³-hybridized carbons (Fsp3) is 0.294. The number of aromatic amines is 1. The molecular formula is C17H18ClNO3. The molecule has 0 atom stereocenters. The highest BCUT2D eigenvalue weighted by molar-refractivity contribution is 6.31. The first-order chi connectivity index (χ1) is 10.3. The van der Waals surface area contributed by atoms with Crippen LogP contribution in [0.5, 0.6) is 5.75 Å². The van der Waals surface area contributed by atoms with E-state index in [0.717, 1.165) is 5.56 Å². The number of hydrogen-bond acceptors (Lipinski definition) is 3. The number of aromatic nitrogens is 1. The van der Waals surface area contributed by atoms with Crippen LogP contribution in [0, 0.1) is 20.8 Å². The second kappa shape index (κ2) is 6.36. The van der Waals surface area contributed by atoms with Crippen LogP contribution in [0.4, 0.5) is 0 Å². The largest absolute Gasteiger partial charge is 0.485 e. The highest BCUT2D eigenvalue weighted by Crippen LogP contribution is 2.22. The summed E-state index contributed by atoms with van der Waals surface area (Å²) >= 11 is 5.95. The third kappa shape index (κ3) is 3.22. The topological polar surface area (TPSA) is 59.2 Å². The van der Waals surface area contributed by atoms with E-state index in [0.29, 0.717) is 33.3 Å². The van der Waals surface area contributed by atoms with Crippen molar-refractivity contribution >= 4 is 23.2 Å². The minimum atomic E-state index is -0.194. The minimum Gasteiger partial charge on any atom is -0.485 e. The Kier molecular flexibility index (Phi) is 4.71. The molecule has 116 valence electrons. The molecule has 22 heavy (non-hydrogen) atoms. The van der Waals surface area contributed by atoms with Crippen LogP contribution in [-0.2, 0) is 0 Å². The zero-order chi connectivity index (χ0) is 16.4. The molecule has 0 amide bonds. The first-order valence-electron chi connectivity index (χ1n) is 6.93. The van der Waals surface area contributed by atoms with Gasteiger partial charge in [0.2, 0.25) is 5.78 Å². The maximum absolute atomic E-state index is 12.3. The van der Waals surface area contributed by atoms with Crippen molar-refractivity contribution in [3.63, 3.8) is 0 Å². The van der Waals surface area contributed by atoms with E-state index in [2.05, 4.69) is 4.98 Å². The molecule has 0 saturated carbocycles. The molecule has 0 aliphatic heterocycles. The van der Waals surface area contributed by atoms with Gasteiger partial charge in [0.15, 0.2) is 12.4 Å². The number of benzene rings is 1. The Morgan fingerprint density at radius 1 is 1.23 bits per heavy atom. The van der Waals surface area contributed by atoms with Crippen molar-refractivity contribution < 1.29 is 14.3 Å². The Balaban J connectivity index is 2.14. The van der Waals surface area contributed by atoms with Crippen LogP contribution < -0.4 is 4.74 Å². The summed E-state index contributed by atoms with van der Waals surface area (Å²) in [6, 6.07) is 5.23. The number of ether oxygens (including phenoxy) is 1. The fourth-order valence-electron chi connectivity index (χ4n) is 2.48. The van der Waals surface area contributed by atoms with E-state index in [4.69, 9.17) is 16.3 Å². The lowest BCUT2D eigenvalue weighted by Gasteiger charge is -2.07. The van der Waals surface area contributed by atoms with Crippen molar-refractivity contribution in [2.24, 2.45) is 0 Å². The quantitative estimate of drug-likeness (QED) is 0.845. The van der Waals surface area contributed by atoms with Crippen molar-refractivity contribution in [2.75, 3.05) is 6.61 Å². The number of carbonyl (C=O) groups excluding carboxylic acids is 2. The van der Waals surface area contributed by atoms with Gasteiger partial charge in [-0.3, -0.25) is 9.59 Å². The van der Waals surface area contributed by atoms with Crippen molar-refractivity contribution in [1.82, 2.24) is 4.98 Å². The van der Waals surface area contributed by atoms with Crippen molar-refractivity contribution in [3.8, 4) is 5.75 Å². The first-order valence-corrected chi connectivity index (χ1v) is 7.31. The number of Topliss-reactive ketones (excluding diaryl/α,β-unsaturated/α-hetero) is 2. The molecule has 0 unspecified atom stereocenters. The van der Waals surface area contributed by atoms with Gasteiger partial charge in [0, 0.05) is 16.3 Å². The molecule has 1 heterocycles. The highest BCUT2D eigenvalue weighted by atomic mass is 35.5. The molecule has 2 aromatic rings. The molecule has 0 fully saturated rings. The molecule has 1 aromatic heterocycles. The van der Waals surface area contributed by atoms with Crippen LogP contribution in [0.2, 0.25) is 5.02 Å². The third-order valence-electron chi connectivity index (χ3n) is 3.57. The summed E-state index contributed by atoms with van der Waals surface area (Å²) in [7, 11) is 0. The molecule has 0 saturated heterocycles. The van der Waals surface area contributed by atoms with E-state index in [-0.39, 0.29) is 18.2 Å². The molecule has 0 radical (unpaired) electrons. The van der Waals surface area contributed by atoms with E-state index < -0.39 is 0 Å². The average molecular weight is 320 g/mol. The molecule has 5 heteroatoms. The summed E-state index contributed by atoms with van der Waals surface area (Å²) in [5, 5.41) is 0.653. The van der Waals surface area contributed by atoms with E-state index in [1.165, 1.54) is 6.92 Å². The maximum Gasteiger partial charge on any atom is 0.216 e. The SMILES string of the molecule is CC(=O)c1c(C)[nH]c(C(=O)COc2ccc(Cl)c(C)c2)c1C. The number of halogens is 1. The summed E-state index contributed by atoms with van der Waals surface area (Å²) in [5.41, 5.74) is 3.26. The van der Waals surface area contributed by atoms with Gasteiger partial charge in [0.1, 0.15) is 5.75 Å². The van der Waals surface area contributed by atoms with E-state index in [9.17, 15) is 9.59 Å². The molecule has 4 nitrogen and oxygen atoms in total. The number of hydrogen-bond donors (Lipinski definition) is 1. The molecule has 0 aliphatic rings. The summed E-state index contributed by atoms with van der Waals surface area (Å²) in [5.74, 6) is 0.336. The van der Waals surface area contributed by atoms with Gasteiger partial charge in [-0.1, -0.05) is 11.6 Å². The standard InChI is InChI=1S/C17H18ClNO3/c1-9-7-13(5-6-14(9)18)22-8-15(21)17-10(2)16(12(4)20)11(3)19-17/h5-7,19H,8H2,1-4H3. The Morgan fingerprint density at radius 2 is 1.91 bits per heavy atom. The number of aryl methyl sites for hydroxylation is 2. The second-order valence-electron chi connectivity index (χ2n) is 5.30. The molecule has 2 rings (SSSR count). The van der Waals surface area contributed by atoms with E-state index >= 15 is 0 Å². The van der Waals surface area contributed by atoms with Crippen LogP contribution >= 0.6 is 11.6 Å². The maximum atomic E-state index is 12.3. The minimum absolute atomic E-state index is 0.0560. The zero-order valence-corrected chi connectivity index (χ0v) is 13.8. The smallest absolute Gasteiger partial charge is 0.216 e. The van der Waals surface area contributed by atoms with Crippen LogP contribution in [0.15, 0.2) is 18.2 Å². The Labute approximate surface area is 134 Å². The predicted octanol–water partition coefficient (Wildman–Crippen LogP) is 4.06. The van der Waals surface area contributed by atoms with Gasteiger partial charge in [-0.25, -0.2) is 0 Å². The molecule has 0 aliphatic carbocycles. The van der Waals surface area contributed by atoms with Crippen molar-refractivity contribution in [2.45, 2.75) is 27.7 Å². The van der Waals surface area contributed by atoms with Gasteiger partial charge in [-0.15, -0.1) is 0 Å². The average Bonchev–Trinajstić information content (AvgIpc) is 2.75. The molecule has 1 aromatic carbocycles. The van der Waals surface area contributed by atoms with Gasteiger partial charge in [0.05, 0.1) is 5.69 Å². The fourth-order valence-corrected chi connectivity index (χ4v) is 2.60. The number of carbonyl (C=O) groups is 2. The van der Waals surface area contributed by atoms with E-state index in [1.807, 2.05) is 6.92 Å². The van der Waals surface area contributed by atoms with Crippen molar-refractivity contribution in [1.29, 1.82) is 0 Å². The highest BCUT2D eigenvalue weighted by Gasteiger charge is 2.20. The normalized spacial score (nSPS) is 10.6. The molecule has 0 spiro atoms. The number of rotatable bonds is 5. The lowest BCUT2D eigenvalue weighted by Crippen LogP contribution is -2.13. The van der Waals surface area contributed by atoms with Gasteiger partial charge in [-0.2, -0.15) is 0 Å². The lowest BCUT2D eigenvalue weighted by molar-refractivity contribution is 0.0916. The summed E-state index contributed by atoms with van der Waals surface area (Å²) in [4.78, 5) is 26.9. The second-order valence-corrected chi connectivity index (χ2v) is 5.71. The van der Waals surface area contributed by atoms with Gasteiger partial charge >= 0.3 is 0 Å². The monoisotopic (exact) mass is 319 g/mol. The molecule has 1 N–H and O–H groups in total. The van der Waals surface area contributed by atoms with Crippen LogP contribution in [0.25, 0.3) is 0 Å². The van der Waals surface area contributed by atoms with Crippen molar-refractivity contribution in [3.05, 3.63) is 51.3 Å². The number of nitrogens with one attached hydrogen (secondary N) is 1. The van der Waals surface area contributed by atoms with Crippen LogP contribution in [-0.4, -0.2) is 23.2 Å². The van der Waals surface area contributed by atoms with Crippen LogP contribution in [0.3, 0.4) is 0 Å². The van der Waals surface area contributed by atoms with Gasteiger partial charge in [0.25, 0.3) is 0 Å². The third-order valence-corrected chi connectivity index (χ3v) is 3.99.